The molecule has 6 nitrogen and oxygen atoms in total. The number of hydrogen-bond acceptors (Lipinski definition) is 4. The number of anilines is 1. The topological polar surface area (TPSA) is 82.7 Å². The van der Waals surface area contributed by atoms with Crippen LogP contribution in [-0.4, -0.2) is 42.5 Å². The Hall–Kier alpha value is -2.63. The zero-order chi connectivity index (χ0) is 25.7. The van der Waals surface area contributed by atoms with Crippen molar-refractivity contribution in [2.24, 2.45) is 0 Å². The molecule has 1 fully saturated rings. The number of H-pyrrole nitrogens is 1. The SMILES string of the molecule is O=C(NC1CCC([Si])(Nc2cc(C(F)(F)F)nc3ccc(Cl)cc23)CC1)c1cc(Br)c2cn[nH]c2c1. The van der Waals surface area contributed by atoms with Crippen molar-refractivity contribution in [3.8, 4) is 0 Å². The van der Waals surface area contributed by atoms with Gasteiger partial charge < -0.3 is 10.6 Å². The van der Waals surface area contributed by atoms with Crippen LogP contribution in [0, 0.1) is 0 Å². The van der Waals surface area contributed by atoms with Gasteiger partial charge in [-0.05, 0) is 62.1 Å². The molecule has 0 saturated heterocycles. The fourth-order valence-electron chi connectivity index (χ4n) is 4.49. The summed E-state index contributed by atoms with van der Waals surface area (Å²) in [5.41, 5.74) is 0.783. The van der Waals surface area contributed by atoms with Gasteiger partial charge in [0.1, 0.15) is 5.69 Å². The highest BCUT2D eigenvalue weighted by Gasteiger charge is 2.36. The van der Waals surface area contributed by atoms with Crippen LogP contribution in [-0.2, 0) is 6.18 Å². The Labute approximate surface area is 220 Å². The first-order chi connectivity index (χ1) is 17.0. The van der Waals surface area contributed by atoms with E-state index in [1.54, 1.807) is 24.4 Å². The molecule has 12 heteroatoms. The van der Waals surface area contributed by atoms with Gasteiger partial charge in [-0.25, -0.2) is 4.98 Å². The predicted molar refractivity (Wildman–Crippen MR) is 137 cm³/mol. The number of carbonyl (C=O) groups is 1. The Bertz CT molecular complexity index is 1470. The van der Waals surface area contributed by atoms with E-state index in [1.165, 1.54) is 12.1 Å². The number of benzene rings is 2. The molecular formula is C24H19BrClF3N5OSi. The Morgan fingerprint density at radius 3 is 2.64 bits per heavy atom. The molecule has 0 atom stereocenters. The highest BCUT2D eigenvalue weighted by atomic mass is 79.9. The van der Waals surface area contributed by atoms with E-state index in [0.717, 1.165) is 21.4 Å². The van der Waals surface area contributed by atoms with Gasteiger partial charge in [0.25, 0.3) is 5.91 Å². The van der Waals surface area contributed by atoms with Gasteiger partial charge in [0.15, 0.2) is 0 Å². The molecule has 4 aromatic rings. The Balaban J connectivity index is 1.31. The third-order valence-corrected chi connectivity index (χ3v) is 7.90. The monoisotopic (exact) mass is 592 g/mol. The van der Waals surface area contributed by atoms with Crippen molar-refractivity contribution in [3.05, 3.63) is 63.3 Å². The molecule has 0 unspecified atom stereocenters. The minimum absolute atomic E-state index is 0.0746. The number of pyridine rings is 1. The van der Waals surface area contributed by atoms with Crippen LogP contribution in [0.25, 0.3) is 21.8 Å². The summed E-state index contributed by atoms with van der Waals surface area (Å²) in [6.45, 7) is 0. The Kier molecular flexibility index (Phi) is 6.50. The maximum absolute atomic E-state index is 13.5. The molecule has 1 amide bonds. The number of halogens is 5. The van der Waals surface area contributed by atoms with E-state index in [4.69, 9.17) is 11.6 Å². The standard InChI is InChI=1S/C24H19BrClF3N5OSi/c25-17-7-12(8-20-16(17)11-30-34-20)22(35)31-14-3-5-23(36,6-4-14)33-19-10-21(24(27,28)29)32-18-2-1-13(26)9-15(18)19/h1-2,7-11,14H,3-6H2,(H,30,34)(H,31,35)(H,32,33). The number of aromatic amines is 1. The van der Waals surface area contributed by atoms with Crippen LogP contribution in [0.4, 0.5) is 18.9 Å². The lowest BCUT2D eigenvalue weighted by Crippen LogP contribution is -2.48. The zero-order valence-electron chi connectivity index (χ0n) is 18.6. The van der Waals surface area contributed by atoms with Crippen LogP contribution in [0.3, 0.4) is 0 Å². The quantitative estimate of drug-likeness (QED) is 0.246. The maximum Gasteiger partial charge on any atom is 0.433 e. The van der Waals surface area contributed by atoms with Crippen LogP contribution in [0.1, 0.15) is 41.7 Å². The lowest BCUT2D eigenvalue weighted by atomic mass is 9.89. The maximum atomic E-state index is 13.5. The van der Waals surface area contributed by atoms with E-state index in [2.05, 4.69) is 52.0 Å². The molecule has 5 rings (SSSR count). The van der Waals surface area contributed by atoms with E-state index >= 15 is 0 Å². The van der Waals surface area contributed by atoms with Gasteiger partial charge in [-0.15, -0.1) is 0 Å². The fourth-order valence-corrected chi connectivity index (χ4v) is 5.65. The first-order valence-corrected chi connectivity index (χ1v) is 12.8. The van der Waals surface area contributed by atoms with Crippen LogP contribution in [0.5, 0.6) is 0 Å². The molecule has 1 aliphatic carbocycles. The minimum atomic E-state index is -4.58. The molecule has 1 saturated carbocycles. The third-order valence-electron chi connectivity index (χ3n) is 6.38. The van der Waals surface area contributed by atoms with Gasteiger partial charge >= 0.3 is 6.18 Å². The van der Waals surface area contributed by atoms with Crippen LogP contribution >= 0.6 is 27.5 Å². The van der Waals surface area contributed by atoms with E-state index in [9.17, 15) is 18.0 Å². The summed E-state index contributed by atoms with van der Waals surface area (Å²) in [6, 6.07) is 9.03. The van der Waals surface area contributed by atoms with E-state index in [1.807, 2.05) is 0 Å². The van der Waals surface area contributed by atoms with E-state index < -0.39 is 17.0 Å². The molecule has 0 aliphatic heterocycles. The number of aromatic nitrogens is 3. The van der Waals surface area contributed by atoms with Gasteiger partial charge in [-0.2, -0.15) is 18.3 Å². The largest absolute Gasteiger partial charge is 0.433 e. The smallest absolute Gasteiger partial charge is 0.383 e. The molecular weight excluding hydrogens is 575 g/mol. The molecule has 2 aromatic carbocycles. The number of fused-ring (bicyclic) bond motifs is 2. The number of carbonyl (C=O) groups excluding carboxylic acids is 1. The average molecular weight is 594 g/mol. The fraction of sp³-hybridized carbons (Fsp3) is 0.292. The summed E-state index contributed by atoms with van der Waals surface area (Å²) in [6.07, 6.45) is -0.494. The van der Waals surface area contributed by atoms with Crippen molar-refractivity contribution in [1.82, 2.24) is 20.5 Å². The normalized spacial score (nSPS) is 20.6. The number of hydrogen-bond donors (Lipinski definition) is 3. The van der Waals surface area contributed by atoms with Crippen molar-refractivity contribution in [2.45, 2.75) is 43.1 Å². The molecule has 185 valence electrons. The molecule has 3 N–H and O–H groups in total. The van der Waals surface area contributed by atoms with Crippen LogP contribution < -0.4 is 10.6 Å². The average Bonchev–Trinajstić information content (AvgIpc) is 3.30. The number of nitrogens with zero attached hydrogens (tertiary/aromatic N) is 2. The summed E-state index contributed by atoms with van der Waals surface area (Å²) in [4.78, 5) is 16.6. The third kappa shape index (κ3) is 5.09. The summed E-state index contributed by atoms with van der Waals surface area (Å²) >= 11 is 9.58. The van der Waals surface area contributed by atoms with Gasteiger partial charge in [0, 0.05) is 42.7 Å². The van der Waals surface area contributed by atoms with Crippen molar-refractivity contribution < 1.29 is 18.0 Å². The van der Waals surface area contributed by atoms with Gasteiger partial charge in [-0.3, -0.25) is 9.89 Å². The second-order valence-electron chi connectivity index (χ2n) is 8.96. The summed E-state index contributed by atoms with van der Waals surface area (Å²) < 4.78 is 41.2. The molecule has 2 heterocycles. The molecule has 36 heavy (non-hydrogen) atoms. The Morgan fingerprint density at radius 1 is 1.17 bits per heavy atom. The first-order valence-electron chi connectivity index (χ1n) is 11.1. The van der Waals surface area contributed by atoms with Crippen molar-refractivity contribution in [3.63, 3.8) is 0 Å². The van der Waals surface area contributed by atoms with E-state index in [0.29, 0.717) is 47.3 Å². The van der Waals surface area contributed by atoms with E-state index in [-0.39, 0.29) is 17.5 Å². The van der Waals surface area contributed by atoms with Crippen molar-refractivity contribution in [1.29, 1.82) is 0 Å². The summed E-state index contributed by atoms with van der Waals surface area (Å²) in [7, 11) is 3.77. The lowest BCUT2D eigenvalue weighted by Gasteiger charge is -2.39. The highest BCUT2D eigenvalue weighted by molar-refractivity contribution is 9.10. The van der Waals surface area contributed by atoms with Crippen LogP contribution in [0.15, 0.2) is 47.1 Å². The number of alkyl halides is 3. The van der Waals surface area contributed by atoms with Gasteiger partial charge in [0.2, 0.25) is 0 Å². The number of rotatable bonds is 4. The second-order valence-corrected chi connectivity index (χ2v) is 11.2. The summed E-state index contributed by atoms with van der Waals surface area (Å²) in [5.74, 6) is -0.198. The Morgan fingerprint density at radius 2 is 1.92 bits per heavy atom. The van der Waals surface area contributed by atoms with Gasteiger partial charge in [-0.1, -0.05) is 27.5 Å². The molecule has 2 aromatic heterocycles. The zero-order valence-corrected chi connectivity index (χ0v) is 22.0. The highest BCUT2D eigenvalue weighted by Crippen LogP contribution is 2.37. The number of nitrogens with one attached hydrogen (secondary N) is 3. The molecule has 0 spiro atoms. The summed E-state index contributed by atoms with van der Waals surface area (Å²) in [5, 5.41) is 14.3. The second kappa shape index (κ2) is 9.35. The molecule has 3 radical (unpaired) electrons. The molecule has 0 bridgehead atoms. The molecule has 1 aliphatic rings. The number of amides is 1. The van der Waals surface area contributed by atoms with Crippen molar-refractivity contribution >= 4 is 71.2 Å². The van der Waals surface area contributed by atoms with Crippen molar-refractivity contribution in [2.75, 3.05) is 5.32 Å². The van der Waals surface area contributed by atoms with Gasteiger partial charge in [0.05, 0.1) is 27.5 Å². The predicted octanol–water partition coefficient (Wildman–Crippen LogP) is 6.20. The first kappa shape index (κ1) is 25.0. The van der Waals surface area contributed by atoms with Crippen LogP contribution in [0.2, 0.25) is 5.02 Å². The lowest BCUT2D eigenvalue weighted by molar-refractivity contribution is -0.140. The minimum Gasteiger partial charge on any atom is -0.383 e.